The number of hydrogen-bond donors (Lipinski definition) is 0. The minimum absolute atomic E-state index is 0.126. The van der Waals surface area contributed by atoms with Crippen molar-refractivity contribution in [3.05, 3.63) is 129 Å². The summed E-state index contributed by atoms with van der Waals surface area (Å²) < 4.78 is 137. The van der Waals surface area contributed by atoms with Crippen molar-refractivity contribution in [1.29, 1.82) is 0 Å². The largest absolute Gasteiger partial charge is 0.493 e. The maximum absolute atomic E-state index is 14.8. The van der Waals surface area contributed by atoms with Crippen LogP contribution in [0.4, 0.5) is 39.5 Å². The van der Waals surface area contributed by atoms with Gasteiger partial charge in [-0.2, -0.15) is 8.78 Å². The lowest BCUT2D eigenvalue weighted by Crippen LogP contribution is -2.25. The van der Waals surface area contributed by atoms with Gasteiger partial charge in [-0.3, -0.25) is 0 Å². The van der Waals surface area contributed by atoms with Gasteiger partial charge in [-0.25, -0.2) is 30.7 Å². The van der Waals surface area contributed by atoms with Gasteiger partial charge in [0.15, 0.2) is 17.5 Å². The van der Waals surface area contributed by atoms with Crippen molar-refractivity contribution in [1.82, 2.24) is 0 Å². The van der Waals surface area contributed by atoms with Gasteiger partial charge in [0.25, 0.3) is 0 Å². The van der Waals surface area contributed by atoms with Crippen molar-refractivity contribution in [2.24, 2.45) is 0 Å². The number of alkyl halides is 2. The van der Waals surface area contributed by atoms with Crippen molar-refractivity contribution in [3.8, 4) is 35.2 Å². The van der Waals surface area contributed by atoms with E-state index in [0.717, 1.165) is 31.0 Å². The summed E-state index contributed by atoms with van der Waals surface area (Å²) in [7, 11) is 0. The van der Waals surface area contributed by atoms with E-state index in [-0.39, 0.29) is 22.4 Å². The molecule has 0 fully saturated rings. The molecular formula is C33H19F9O2. The highest BCUT2D eigenvalue weighted by molar-refractivity contribution is 5.48. The highest BCUT2D eigenvalue weighted by Crippen LogP contribution is 2.36. The van der Waals surface area contributed by atoms with Gasteiger partial charge < -0.3 is 9.47 Å². The third kappa shape index (κ3) is 7.67. The van der Waals surface area contributed by atoms with E-state index in [0.29, 0.717) is 36.9 Å². The zero-order valence-electron chi connectivity index (χ0n) is 22.6. The third-order valence-corrected chi connectivity index (χ3v) is 5.89. The van der Waals surface area contributed by atoms with E-state index in [1.807, 2.05) is 6.92 Å². The lowest BCUT2D eigenvalue weighted by Gasteiger charge is -2.19. The van der Waals surface area contributed by atoms with Crippen LogP contribution in [-0.4, -0.2) is 6.61 Å². The number of halogens is 9. The third-order valence-electron chi connectivity index (χ3n) is 5.89. The fourth-order valence-corrected chi connectivity index (χ4v) is 3.71. The Labute approximate surface area is 246 Å². The fourth-order valence-electron chi connectivity index (χ4n) is 3.71. The summed E-state index contributed by atoms with van der Waals surface area (Å²) in [6.45, 7) is 2.35. The Morgan fingerprint density at radius 3 is 1.57 bits per heavy atom. The Morgan fingerprint density at radius 1 is 0.591 bits per heavy atom. The normalized spacial score (nSPS) is 10.9. The highest BCUT2D eigenvalue weighted by atomic mass is 19.3. The summed E-state index contributed by atoms with van der Waals surface area (Å²) in [5, 5.41) is 0. The molecule has 0 radical (unpaired) electrons. The van der Waals surface area contributed by atoms with Crippen molar-refractivity contribution < 1.29 is 49.0 Å². The van der Waals surface area contributed by atoms with Gasteiger partial charge in [-0.1, -0.05) is 37.0 Å². The van der Waals surface area contributed by atoms with Crippen molar-refractivity contribution >= 4 is 0 Å². The van der Waals surface area contributed by atoms with E-state index in [9.17, 15) is 39.5 Å². The quantitative estimate of drug-likeness (QED) is 0.0893. The predicted octanol–water partition coefficient (Wildman–Crippen LogP) is 8.77. The maximum Gasteiger partial charge on any atom is 0.432 e. The molecule has 226 valence electrons. The molecule has 0 aliphatic rings. The zero-order chi connectivity index (χ0) is 32.0. The molecule has 4 aromatic carbocycles. The number of rotatable bonds is 7. The van der Waals surface area contributed by atoms with Crippen LogP contribution in [0.3, 0.4) is 0 Å². The Morgan fingerprint density at radius 2 is 1.07 bits per heavy atom. The molecule has 4 aromatic rings. The molecule has 0 aromatic heterocycles. The molecule has 4 rings (SSSR count). The van der Waals surface area contributed by atoms with Crippen molar-refractivity contribution in [2.45, 2.75) is 25.9 Å². The minimum Gasteiger partial charge on any atom is -0.493 e. The minimum atomic E-state index is -4.62. The molecular weight excluding hydrogens is 599 g/mol. The van der Waals surface area contributed by atoms with Crippen LogP contribution in [-0.2, 0) is 6.11 Å². The number of hydrogen-bond acceptors (Lipinski definition) is 2. The Kier molecular flexibility index (Phi) is 9.80. The average Bonchev–Trinajstić information content (AvgIpc) is 2.94. The molecule has 0 aliphatic carbocycles. The van der Waals surface area contributed by atoms with Crippen LogP contribution in [0, 0.1) is 64.4 Å². The first-order chi connectivity index (χ1) is 20.9. The summed E-state index contributed by atoms with van der Waals surface area (Å²) in [4.78, 5) is 0. The molecule has 0 unspecified atom stereocenters. The van der Waals surface area contributed by atoms with Crippen molar-refractivity contribution in [3.63, 3.8) is 0 Å². The first-order valence-electron chi connectivity index (χ1n) is 12.8. The fraction of sp³-hybridized carbons (Fsp3) is 0.152. The molecule has 0 N–H and O–H groups in total. The Balaban J connectivity index is 1.51. The average molecular weight is 618 g/mol. The van der Waals surface area contributed by atoms with Crippen LogP contribution in [0.1, 0.15) is 47.6 Å². The SMILES string of the molecule is CCCCOc1ccc(C#Cc2cc(F)c(C(F)(F)Oc3ccc(C#Cc4cc(F)c(F)c(F)c4)c(F)c3)c(F)c2)c(F)c1. The first-order valence-corrected chi connectivity index (χ1v) is 12.8. The van der Waals surface area contributed by atoms with Crippen LogP contribution in [0.5, 0.6) is 11.5 Å². The lowest BCUT2D eigenvalue weighted by molar-refractivity contribution is -0.189. The van der Waals surface area contributed by atoms with E-state index in [1.54, 1.807) is 0 Å². The molecule has 0 saturated carbocycles. The van der Waals surface area contributed by atoms with E-state index in [2.05, 4.69) is 28.4 Å². The molecule has 0 saturated heterocycles. The summed E-state index contributed by atoms with van der Waals surface area (Å²) in [6.07, 6.45) is -2.97. The molecule has 0 atom stereocenters. The summed E-state index contributed by atoms with van der Waals surface area (Å²) in [5.74, 6) is -1.68. The van der Waals surface area contributed by atoms with E-state index in [4.69, 9.17) is 4.74 Å². The zero-order valence-corrected chi connectivity index (χ0v) is 22.6. The monoisotopic (exact) mass is 618 g/mol. The van der Waals surface area contributed by atoms with Crippen molar-refractivity contribution in [2.75, 3.05) is 6.61 Å². The van der Waals surface area contributed by atoms with E-state index in [1.165, 1.54) is 12.1 Å². The topological polar surface area (TPSA) is 18.5 Å². The van der Waals surface area contributed by atoms with Crippen LogP contribution < -0.4 is 9.47 Å². The van der Waals surface area contributed by atoms with Crippen LogP contribution in [0.2, 0.25) is 0 Å². The van der Waals surface area contributed by atoms with Gasteiger partial charge in [0, 0.05) is 23.3 Å². The summed E-state index contributed by atoms with van der Waals surface area (Å²) in [5.41, 5.74) is -3.04. The molecule has 0 amide bonds. The second-order valence-corrected chi connectivity index (χ2v) is 9.17. The van der Waals surface area contributed by atoms with Gasteiger partial charge >= 0.3 is 6.11 Å². The second-order valence-electron chi connectivity index (χ2n) is 9.17. The smallest absolute Gasteiger partial charge is 0.432 e. The maximum atomic E-state index is 14.8. The highest BCUT2D eigenvalue weighted by Gasteiger charge is 2.41. The molecule has 0 aliphatic heterocycles. The molecule has 0 bridgehead atoms. The van der Waals surface area contributed by atoms with Crippen LogP contribution in [0.25, 0.3) is 0 Å². The molecule has 0 heterocycles. The standard InChI is InChI=1S/C33H19F9O2/c1-2-3-12-43-23-10-8-21(25(34)17-23)6-4-19-13-27(36)31(28(37)14-19)33(41,42)44-24-11-9-22(26(35)18-24)7-5-20-15-29(38)32(40)30(39)16-20/h8-11,13-18H,2-3,12H2,1H3. The van der Waals surface area contributed by atoms with Crippen LogP contribution >= 0.6 is 0 Å². The second kappa shape index (κ2) is 13.5. The van der Waals surface area contributed by atoms with E-state index < -0.39 is 63.7 Å². The number of unbranched alkanes of at least 4 members (excludes halogenated alkanes) is 1. The van der Waals surface area contributed by atoms with E-state index >= 15 is 0 Å². The van der Waals surface area contributed by atoms with Crippen LogP contribution in [0.15, 0.2) is 60.7 Å². The Hall–Kier alpha value is -5.03. The number of ether oxygens (including phenoxy) is 2. The van der Waals surface area contributed by atoms with Gasteiger partial charge in [-0.05, 0) is 55.0 Å². The Bertz CT molecular complexity index is 1780. The number of benzene rings is 4. The first kappa shape index (κ1) is 31.9. The molecule has 0 spiro atoms. The van der Waals surface area contributed by atoms with Gasteiger partial charge in [0.05, 0.1) is 17.7 Å². The van der Waals surface area contributed by atoms with Gasteiger partial charge in [0.2, 0.25) is 0 Å². The molecule has 2 nitrogen and oxygen atoms in total. The summed E-state index contributed by atoms with van der Waals surface area (Å²) >= 11 is 0. The summed E-state index contributed by atoms with van der Waals surface area (Å²) in [6, 6.07) is 8.14. The molecule has 44 heavy (non-hydrogen) atoms. The predicted molar refractivity (Wildman–Crippen MR) is 142 cm³/mol. The van der Waals surface area contributed by atoms with Gasteiger partial charge in [-0.15, -0.1) is 0 Å². The molecule has 11 heteroatoms. The lowest BCUT2D eigenvalue weighted by atomic mass is 10.1. The van der Waals surface area contributed by atoms with Gasteiger partial charge in [0.1, 0.15) is 40.3 Å².